The molecule has 1 aliphatic rings. The first-order chi connectivity index (χ1) is 13.3. The highest BCUT2D eigenvalue weighted by atomic mass is 15.3. The summed E-state index contributed by atoms with van der Waals surface area (Å²) >= 11 is 0. The van der Waals surface area contributed by atoms with Gasteiger partial charge in [0.25, 0.3) is 0 Å². The maximum atomic E-state index is 6.42. The molecule has 148 valence electrons. The lowest BCUT2D eigenvalue weighted by Gasteiger charge is -2.29. The monoisotopic (exact) mass is 378 g/mol. The highest BCUT2D eigenvalue weighted by molar-refractivity contribution is 5.80. The molecule has 0 saturated heterocycles. The predicted molar refractivity (Wildman–Crippen MR) is 115 cm³/mol. The van der Waals surface area contributed by atoms with E-state index in [9.17, 15) is 0 Å². The number of hydrogen-bond donors (Lipinski definition) is 3. The van der Waals surface area contributed by atoms with Crippen molar-refractivity contribution in [2.24, 2.45) is 5.73 Å². The van der Waals surface area contributed by atoms with Crippen molar-refractivity contribution >= 4 is 22.8 Å². The SMILES string of the molecule is CC(C)(C)c1ccc(Nc2c(C3CCC(N)CC3)c(N)nn3ccnc23)cc1. The quantitative estimate of drug-likeness (QED) is 0.630. The van der Waals surface area contributed by atoms with Crippen LogP contribution in [0.4, 0.5) is 17.2 Å². The van der Waals surface area contributed by atoms with E-state index in [2.05, 4.69) is 60.4 Å². The van der Waals surface area contributed by atoms with Crippen molar-refractivity contribution < 1.29 is 0 Å². The molecule has 6 heteroatoms. The molecule has 4 rings (SSSR count). The molecule has 1 aliphatic carbocycles. The number of anilines is 3. The van der Waals surface area contributed by atoms with Crippen LogP contribution in [0.2, 0.25) is 0 Å². The van der Waals surface area contributed by atoms with Crippen LogP contribution in [0.1, 0.15) is 63.5 Å². The Labute approximate surface area is 166 Å². The van der Waals surface area contributed by atoms with E-state index in [0.29, 0.717) is 17.8 Å². The van der Waals surface area contributed by atoms with E-state index in [1.807, 2.05) is 6.20 Å². The second kappa shape index (κ2) is 7.09. The highest BCUT2D eigenvalue weighted by Gasteiger charge is 2.27. The zero-order chi connectivity index (χ0) is 19.9. The molecule has 0 radical (unpaired) electrons. The Morgan fingerprint density at radius 3 is 2.39 bits per heavy atom. The number of nitrogens with two attached hydrogens (primary N) is 2. The number of nitrogen functional groups attached to an aromatic ring is 1. The number of hydrogen-bond acceptors (Lipinski definition) is 5. The van der Waals surface area contributed by atoms with Gasteiger partial charge in [0, 0.05) is 29.7 Å². The van der Waals surface area contributed by atoms with Gasteiger partial charge in [-0.3, -0.25) is 0 Å². The summed E-state index contributed by atoms with van der Waals surface area (Å²) in [6.45, 7) is 6.66. The fraction of sp³-hybridized carbons (Fsp3) is 0.455. The molecule has 0 spiro atoms. The second-order valence-electron chi connectivity index (χ2n) is 8.93. The van der Waals surface area contributed by atoms with Gasteiger partial charge in [-0.2, -0.15) is 0 Å². The van der Waals surface area contributed by atoms with E-state index in [0.717, 1.165) is 48.3 Å². The van der Waals surface area contributed by atoms with Crippen molar-refractivity contribution in [3.63, 3.8) is 0 Å². The molecular formula is C22H30N6. The van der Waals surface area contributed by atoms with Gasteiger partial charge < -0.3 is 16.8 Å². The minimum atomic E-state index is 0.127. The zero-order valence-corrected chi connectivity index (χ0v) is 16.9. The van der Waals surface area contributed by atoms with Crippen LogP contribution in [0.15, 0.2) is 36.7 Å². The molecule has 6 nitrogen and oxygen atoms in total. The lowest BCUT2D eigenvalue weighted by Crippen LogP contribution is -2.26. The van der Waals surface area contributed by atoms with Crippen molar-refractivity contribution in [1.82, 2.24) is 14.6 Å². The van der Waals surface area contributed by atoms with Crippen LogP contribution in [0, 0.1) is 0 Å². The third-order valence-corrected chi connectivity index (χ3v) is 5.81. The lowest BCUT2D eigenvalue weighted by atomic mass is 9.81. The molecule has 28 heavy (non-hydrogen) atoms. The predicted octanol–water partition coefficient (Wildman–Crippen LogP) is 4.34. The first kappa shape index (κ1) is 18.7. The van der Waals surface area contributed by atoms with Crippen molar-refractivity contribution in [3.8, 4) is 0 Å². The third-order valence-electron chi connectivity index (χ3n) is 5.81. The highest BCUT2D eigenvalue weighted by Crippen LogP contribution is 2.41. The maximum Gasteiger partial charge on any atom is 0.177 e. The average Bonchev–Trinajstić information content (AvgIpc) is 3.11. The number of aromatic nitrogens is 3. The van der Waals surface area contributed by atoms with Crippen LogP contribution in [0.25, 0.3) is 5.65 Å². The molecule has 0 unspecified atom stereocenters. The Kier molecular flexibility index (Phi) is 4.75. The van der Waals surface area contributed by atoms with Gasteiger partial charge in [-0.1, -0.05) is 32.9 Å². The van der Waals surface area contributed by atoms with Crippen LogP contribution in [-0.2, 0) is 5.41 Å². The van der Waals surface area contributed by atoms with Gasteiger partial charge in [-0.15, -0.1) is 5.10 Å². The Balaban J connectivity index is 1.74. The largest absolute Gasteiger partial charge is 0.382 e. The van der Waals surface area contributed by atoms with Crippen LogP contribution in [-0.4, -0.2) is 20.6 Å². The number of rotatable bonds is 3. The van der Waals surface area contributed by atoms with Crippen molar-refractivity contribution in [3.05, 3.63) is 47.8 Å². The van der Waals surface area contributed by atoms with Gasteiger partial charge in [0.05, 0.1) is 5.69 Å². The molecule has 0 bridgehead atoms. The zero-order valence-electron chi connectivity index (χ0n) is 16.9. The first-order valence-corrected chi connectivity index (χ1v) is 10.1. The number of imidazole rings is 1. The van der Waals surface area contributed by atoms with E-state index in [1.54, 1.807) is 10.7 Å². The summed E-state index contributed by atoms with van der Waals surface area (Å²) in [6, 6.07) is 8.89. The Bertz CT molecular complexity index is 959. The molecule has 3 aromatic rings. The summed E-state index contributed by atoms with van der Waals surface area (Å²) in [5.74, 6) is 0.921. The first-order valence-electron chi connectivity index (χ1n) is 10.1. The minimum Gasteiger partial charge on any atom is -0.382 e. The van der Waals surface area contributed by atoms with E-state index in [4.69, 9.17) is 11.5 Å². The molecule has 5 N–H and O–H groups in total. The van der Waals surface area contributed by atoms with Crippen LogP contribution in [0.5, 0.6) is 0 Å². The molecule has 0 amide bonds. The van der Waals surface area contributed by atoms with Crippen molar-refractivity contribution in [2.45, 2.75) is 63.8 Å². The summed E-state index contributed by atoms with van der Waals surface area (Å²) in [5.41, 5.74) is 17.8. The van der Waals surface area contributed by atoms with Crippen molar-refractivity contribution in [1.29, 1.82) is 0 Å². The Morgan fingerprint density at radius 2 is 1.75 bits per heavy atom. The Hall–Kier alpha value is -2.60. The molecule has 2 aromatic heterocycles. The van der Waals surface area contributed by atoms with Gasteiger partial charge in [0.15, 0.2) is 5.65 Å². The van der Waals surface area contributed by atoms with Crippen molar-refractivity contribution in [2.75, 3.05) is 11.1 Å². The summed E-state index contributed by atoms with van der Waals surface area (Å²) < 4.78 is 1.75. The number of nitrogens with one attached hydrogen (secondary N) is 1. The van der Waals surface area contributed by atoms with Crippen LogP contribution < -0.4 is 16.8 Å². The van der Waals surface area contributed by atoms with Gasteiger partial charge in [0.2, 0.25) is 0 Å². The number of fused-ring (bicyclic) bond motifs is 1. The molecule has 1 aromatic carbocycles. The van der Waals surface area contributed by atoms with Crippen LogP contribution in [0.3, 0.4) is 0 Å². The summed E-state index contributed by atoms with van der Waals surface area (Å²) in [6.07, 6.45) is 7.69. The van der Waals surface area contributed by atoms with Gasteiger partial charge in [-0.05, 0) is 54.7 Å². The Morgan fingerprint density at radius 1 is 1.07 bits per heavy atom. The summed E-state index contributed by atoms with van der Waals surface area (Å²) in [7, 11) is 0. The maximum absolute atomic E-state index is 6.42. The topological polar surface area (TPSA) is 94.3 Å². The summed E-state index contributed by atoms with van der Waals surface area (Å²) in [4.78, 5) is 4.54. The number of nitrogens with zero attached hydrogens (tertiary/aromatic N) is 3. The van der Waals surface area contributed by atoms with Gasteiger partial charge >= 0.3 is 0 Å². The van der Waals surface area contributed by atoms with E-state index in [1.165, 1.54) is 5.56 Å². The third kappa shape index (κ3) is 3.56. The van der Waals surface area contributed by atoms with Crippen LogP contribution >= 0.6 is 0 Å². The molecule has 2 heterocycles. The van der Waals surface area contributed by atoms with E-state index < -0.39 is 0 Å². The lowest BCUT2D eigenvalue weighted by molar-refractivity contribution is 0.396. The molecule has 0 atom stereocenters. The van der Waals surface area contributed by atoms with E-state index >= 15 is 0 Å². The standard InChI is InChI=1S/C22H30N6/c1-22(2,3)15-6-10-17(11-7-15)26-19-18(14-4-8-16(23)9-5-14)20(24)27-28-13-12-25-21(19)28/h6-7,10-14,16,26H,4-5,8-9,23H2,1-3H3,(H2,24,27). The normalized spacial score (nSPS) is 20.4. The molecule has 0 aliphatic heterocycles. The molecule has 1 saturated carbocycles. The molecular weight excluding hydrogens is 348 g/mol. The number of benzene rings is 1. The molecule has 1 fully saturated rings. The van der Waals surface area contributed by atoms with Gasteiger partial charge in [-0.25, -0.2) is 9.50 Å². The van der Waals surface area contributed by atoms with E-state index in [-0.39, 0.29) is 5.41 Å². The fourth-order valence-electron chi connectivity index (χ4n) is 4.12. The minimum absolute atomic E-state index is 0.127. The summed E-state index contributed by atoms with van der Waals surface area (Å²) in [5, 5.41) is 8.13. The fourth-order valence-corrected chi connectivity index (χ4v) is 4.12. The second-order valence-corrected chi connectivity index (χ2v) is 8.93. The van der Waals surface area contributed by atoms with Gasteiger partial charge in [0.1, 0.15) is 5.82 Å². The smallest absolute Gasteiger partial charge is 0.177 e. The average molecular weight is 379 g/mol.